The first-order chi connectivity index (χ1) is 5.61. The van der Waals surface area contributed by atoms with Crippen molar-refractivity contribution in [2.75, 3.05) is 0 Å². The van der Waals surface area contributed by atoms with Gasteiger partial charge in [0.25, 0.3) is 0 Å². The van der Waals surface area contributed by atoms with Gasteiger partial charge in [0.2, 0.25) is 0 Å². The number of aromatic hydroxyl groups is 1. The molecule has 0 aromatic heterocycles. The third-order valence-corrected chi connectivity index (χ3v) is 1.90. The van der Waals surface area contributed by atoms with Gasteiger partial charge in [0.05, 0.1) is 0 Å². The molecule has 1 atom stereocenters. The molecule has 0 amide bonds. The molecule has 0 fully saturated rings. The van der Waals surface area contributed by atoms with Gasteiger partial charge in [0.1, 0.15) is 0 Å². The number of halogens is 2. The summed E-state index contributed by atoms with van der Waals surface area (Å²) in [5.74, 6) is -0.788. The summed E-state index contributed by atoms with van der Waals surface area (Å²) in [6, 6.07) is 4.56. The molecule has 1 rings (SSSR count). The molecular formula is C9H10BrFO. The lowest BCUT2D eigenvalue weighted by molar-refractivity contribution is 0.426. The molecule has 3 heteroatoms. The standard InChI is InChI=1S/C9H10BrFO/c1-6(10)5-7-3-2-4-8(11)9(7)12/h2-4,6,12H,5H2,1H3. The smallest absolute Gasteiger partial charge is 0.165 e. The normalized spacial score (nSPS) is 12.9. The van der Waals surface area contributed by atoms with E-state index in [0.717, 1.165) is 0 Å². The fourth-order valence-corrected chi connectivity index (χ4v) is 1.38. The van der Waals surface area contributed by atoms with Gasteiger partial charge < -0.3 is 5.11 Å². The highest BCUT2D eigenvalue weighted by atomic mass is 79.9. The van der Waals surface area contributed by atoms with E-state index in [1.165, 1.54) is 6.07 Å². The lowest BCUT2D eigenvalue weighted by Crippen LogP contribution is -1.97. The van der Waals surface area contributed by atoms with Gasteiger partial charge in [0.15, 0.2) is 11.6 Å². The van der Waals surface area contributed by atoms with Gasteiger partial charge in [-0.25, -0.2) is 4.39 Å². The molecule has 0 aliphatic carbocycles. The minimum absolute atomic E-state index is 0.233. The van der Waals surface area contributed by atoms with Gasteiger partial charge in [-0.1, -0.05) is 35.0 Å². The number of benzene rings is 1. The Balaban J connectivity index is 2.92. The molecule has 12 heavy (non-hydrogen) atoms. The SMILES string of the molecule is CC(Br)Cc1cccc(F)c1O. The van der Waals surface area contributed by atoms with Gasteiger partial charge in [-0.2, -0.15) is 0 Å². The Bertz CT molecular complexity index is 273. The highest BCUT2D eigenvalue weighted by Crippen LogP contribution is 2.23. The molecule has 1 unspecified atom stereocenters. The molecule has 1 N–H and O–H groups in total. The van der Waals surface area contributed by atoms with Crippen LogP contribution in [0.15, 0.2) is 18.2 Å². The molecule has 0 bridgehead atoms. The number of rotatable bonds is 2. The Morgan fingerprint density at radius 3 is 2.83 bits per heavy atom. The second-order valence-corrected chi connectivity index (χ2v) is 4.30. The summed E-state index contributed by atoms with van der Waals surface area (Å²) < 4.78 is 12.8. The van der Waals surface area contributed by atoms with Crippen LogP contribution in [0.1, 0.15) is 12.5 Å². The summed E-state index contributed by atoms with van der Waals surface area (Å²) in [5.41, 5.74) is 0.638. The van der Waals surface area contributed by atoms with E-state index in [0.29, 0.717) is 12.0 Å². The van der Waals surface area contributed by atoms with Crippen molar-refractivity contribution < 1.29 is 9.50 Å². The predicted molar refractivity (Wildman–Crippen MR) is 50.2 cm³/mol. The highest BCUT2D eigenvalue weighted by molar-refractivity contribution is 9.09. The third kappa shape index (κ3) is 2.21. The molecule has 1 aromatic carbocycles. The predicted octanol–water partition coefficient (Wildman–Crippen LogP) is 2.86. The second kappa shape index (κ2) is 3.90. The summed E-state index contributed by atoms with van der Waals surface area (Å²) in [4.78, 5) is 0.241. The molecule has 0 radical (unpaired) electrons. The van der Waals surface area contributed by atoms with E-state index in [1.54, 1.807) is 12.1 Å². The van der Waals surface area contributed by atoms with Crippen molar-refractivity contribution >= 4 is 15.9 Å². The summed E-state index contributed by atoms with van der Waals surface area (Å²) in [6.07, 6.45) is 0.629. The van der Waals surface area contributed by atoms with E-state index in [9.17, 15) is 9.50 Å². The van der Waals surface area contributed by atoms with Crippen molar-refractivity contribution in [3.8, 4) is 5.75 Å². The summed E-state index contributed by atoms with van der Waals surface area (Å²) in [5, 5.41) is 9.25. The number of phenols is 1. The summed E-state index contributed by atoms with van der Waals surface area (Å²) >= 11 is 3.34. The molecule has 66 valence electrons. The van der Waals surface area contributed by atoms with E-state index in [1.807, 2.05) is 6.92 Å². The Labute approximate surface area is 79.4 Å². The van der Waals surface area contributed by atoms with Crippen molar-refractivity contribution in [1.29, 1.82) is 0 Å². The average Bonchev–Trinajstić information content (AvgIpc) is 1.98. The highest BCUT2D eigenvalue weighted by Gasteiger charge is 2.07. The van der Waals surface area contributed by atoms with Crippen LogP contribution in [-0.4, -0.2) is 9.93 Å². The molecule has 1 aromatic rings. The minimum Gasteiger partial charge on any atom is -0.505 e. The minimum atomic E-state index is -0.555. The summed E-state index contributed by atoms with van der Waals surface area (Å²) in [6.45, 7) is 1.95. The first kappa shape index (κ1) is 9.52. The topological polar surface area (TPSA) is 20.2 Å². The van der Waals surface area contributed by atoms with Crippen molar-refractivity contribution in [2.24, 2.45) is 0 Å². The zero-order chi connectivity index (χ0) is 9.14. The van der Waals surface area contributed by atoms with Crippen LogP contribution in [0.2, 0.25) is 0 Å². The van der Waals surface area contributed by atoms with Gasteiger partial charge >= 0.3 is 0 Å². The lowest BCUT2D eigenvalue weighted by atomic mass is 10.1. The lowest BCUT2D eigenvalue weighted by Gasteiger charge is -2.05. The van der Waals surface area contributed by atoms with E-state index < -0.39 is 5.82 Å². The Hall–Kier alpha value is -0.570. The van der Waals surface area contributed by atoms with Crippen molar-refractivity contribution in [3.63, 3.8) is 0 Å². The van der Waals surface area contributed by atoms with Crippen LogP contribution < -0.4 is 0 Å². The van der Waals surface area contributed by atoms with Crippen LogP contribution in [0.25, 0.3) is 0 Å². The van der Waals surface area contributed by atoms with Gasteiger partial charge in [0, 0.05) is 4.83 Å². The maximum absolute atomic E-state index is 12.8. The van der Waals surface area contributed by atoms with Crippen LogP contribution in [0.4, 0.5) is 4.39 Å². The van der Waals surface area contributed by atoms with Crippen LogP contribution in [0.3, 0.4) is 0 Å². The van der Waals surface area contributed by atoms with Crippen LogP contribution in [-0.2, 0) is 6.42 Å². The zero-order valence-corrected chi connectivity index (χ0v) is 8.31. The number of hydrogen-bond donors (Lipinski definition) is 1. The molecule has 0 saturated carbocycles. The van der Waals surface area contributed by atoms with Crippen LogP contribution >= 0.6 is 15.9 Å². The fraction of sp³-hybridized carbons (Fsp3) is 0.333. The largest absolute Gasteiger partial charge is 0.505 e. The summed E-state index contributed by atoms with van der Waals surface area (Å²) in [7, 11) is 0. The molecule has 0 heterocycles. The fourth-order valence-electron chi connectivity index (χ4n) is 1.03. The molecule has 1 nitrogen and oxygen atoms in total. The van der Waals surface area contributed by atoms with Crippen LogP contribution in [0.5, 0.6) is 5.75 Å². The number of hydrogen-bond acceptors (Lipinski definition) is 1. The van der Waals surface area contributed by atoms with E-state index >= 15 is 0 Å². The number of para-hydroxylation sites is 1. The maximum Gasteiger partial charge on any atom is 0.165 e. The number of alkyl halides is 1. The first-order valence-corrected chi connectivity index (χ1v) is 4.63. The second-order valence-electron chi connectivity index (χ2n) is 2.73. The maximum atomic E-state index is 12.8. The van der Waals surface area contributed by atoms with E-state index in [2.05, 4.69) is 15.9 Å². The Morgan fingerprint density at radius 2 is 2.25 bits per heavy atom. The molecule has 0 spiro atoms. The molecular weight excluding hydrogens is 223 g/mol. The van der Waals surface area contributed by atoms with Crippen LogP contribution in [0, 0.1) is 5.82 Å². The molecule has 0 aliphatic heterocycles. The molecule has 0 aliphatic rings. The van der Waals surface area contributed by atoms with Gasteiger partial charge in [-0.3, -0.25) is 0 Å². The monoisotopic (exact) mass is 232 g/mol. The first-order valence-electron chi connectivity index (χ1n) is 3.71. The van der Waals surface area contributed by atoms with Gasteiger partial charge in [-0.15, -0.1) is 0 Å². The van der Waals surface area contributed by atoms with Crippen molar-refractivity contribution in [1.82, 2.24) is 0 Å². The van der Waals surface area contributed by atoms with Crippen molar-refractivity contribution in [2.45, 2.75) is 18.2 Å². The Kier molecular flexibility index (Phi) is 3.09. The van der Waals surface area contributed by atoms with Crippen molar-refractivity contribution in [3.05, 3.63) is 29.6 Å². The van der Waals surface area contributed by atoms with E-state index in [-0.39, 0.29) is 10.6 Å². The number of phenolic OH excluding ortho intramolecular Hbond substituents is 1. The molecule has 0 saturated heterocycles. The average molecular weight is 233 g/mol. The van der Waals surface area contributed by atoms with Gasteiger partial charge in [-0.05, 0) is 18.1 Å². The Morgan fingerprint density at radius 1 is 1.58 bits per heavy atom. The quantitative estimate of drug-likeness (QED) is 0.778. The van der Waals surface area contributed by atoms with E-state index in [4.69, 9.17) is 0 Å². The zero-order valence-electron chi connectivity index (χ0n) is 6.72. The third-order valence-electron chi connectivity index (χ3n) is 1.57.